The highest BCUT2D eigenvalue weighted by Gasteiger charge is 2.30. The van der Waals surface area contributed by atoms with Crippen molar-refractivity contribution in [3.8, 4) is 0 Å². The van der Waals surface area contributed by atoms with E-state index in [0.717, 1.165) is 36.9 Å². The Morgan fingerprint density at radius 2 is 2.15 bits per heavy atom. The van der Waals surface area contributed by atoms with Gasteiger partial charge in [-0.1, -0.05) is 24.6 Å². The predicted octanol–water partition coefficient (Wildman–Crippen LogP) is 2.30. The fraction of sp³-hybridized carbons (Fsp3) is 0.867. The van der Waals surface area contributed by atoms with Crippen molar-refractivity contribution in [2.45, 2.75) is 63.5 Å². The summed E-state index contributed by atoms with van der Waals surface area (Å²) in [5.41, 5.74) is 0. The normalized spacial score (nSPS) is 31.5. The van der Waals surface area contributed by atoms with Crippen molar-refractivity contribution in [3.05, 3.63) is 0 Å². The van der Waals surface area contributed by atoms with Gasteiger partial charge in [-0.3, -0.25) is 9.79 Å². The number of hydrogen-bond acceptors (Lipinski definition) is 3. The van der Waals surface area contributed by atoms with Gasteiger partial charge in [0.1, 0.15) is 0 Å². The lowest BCUT2D eigenvalue weighted by Gasteiger charge is -2.36. The van der Waals surface area contributed by atoms with Crippen molar-refractivity contribution in [2.75, 3.05) is 12.3 Å². The molecule has 0 spiro atoms. The van der Waals surface area contributed by atoms with Gasteiger partial charge in [-0.2, -0.15) is 0 Å². The summed E-state index contributed by atoms with van der Waals surface area (Å²) >= 11 is 1.87. The summed E-state index contributed by atoms with van der Waals surface area (Å²) in [6, 6.07) is 1.13. The second kappa shape index (κ2) is 6.83. The molecule has 1 aliphatic heterocycles. The topological polar surface area (TPSA) is 53.5 Å². The van der Waals surface area contributed by atoms with Gasteiger partial charge in [0, 0.05) is 30.8 Å². The van der Waals surface area contributed by atoms with E-state index in [1.807, 2.05) is 11.8 Å². The van der Waals surface area contributed by atoms with Crippen LogP contribution < -0.4 is 10.6 Å². The molecule has 3 rings (SSSR count). The second-order valence-corrected chi connectivity index (χ2v) is 7.25. The summed E-state index contributed by atoms with van der Waals surface area (Å²) in [4.78, 5) is 16.2. The van der Waals surface area contributed by atoms with Crippen LogP contribution in [0.2, 0.25) is 0 Å². The fourth-order valence-corrected chi connectivity index (χ4v) is 4.21. The minimum absolute atomic E-state index is 0.198. The number of carbonyl (C=O) groups excluding carboxylic acids is 1. The zero-order valence-corrected chi connectivity index (χ0v) is 12.9. The summed E-state index contributed by atoms with van der Waals surface area (Å²) in [5, 5.41) is 7.73. The molecule has 2 aliphatic carbocycles. The maximum Gasteiger partial charge on any atom is 0.220 e. The van der Waals surface area contributed by atoms with Crippen LogP contribution >= 0.6 is 11.8 Å². The fourth-order valence-electron chi connectivity index (χ4n) is 3.02. The monoisotopic (exact) mass is 295 g/mol. The van der Waals surface area contributed by atoms with E-state index >= 15 is 0 Å². The summed E-state index contributed by atoms with van der Waals surface area (Å²) in [6.07, 6.45) is 9.23. The summed E-state index contributed by atoms with van der Waals surface area (Å²) < 4.78 is 0. The molecule has 20 heavy (non-hydrogen) atoms. The molecule has 0 bridgehead atoms. The Balaban J connectivity index is 1.35. The molecule has 2 unspecified atom stereocenters. The van der Waals surface area contributed by atoms with E-state index in [2.05, 4.69) is 15.6 Å². The molecular weight excluding hydrogens is 270 g/mol. The van der Waals surface area contributed by atoms with Crippen molar-refractivity contribution < 1.29 is 4.79 Å². The molecule has 3 fully saturated rings. The number of nitrogens with zero attached hydrogens (tertiary/aromatic N) is 1. The highest BCUT2D eigenvalue weighted by atomic mass is 32.2. The molecule has 5 heteroatoms. The number of rotatable bonds is 5. The third-order valence-corrected chi connectivity index (χ3v) is 5.53. The molecule has 0 aromatic carbocycles. The van der Waals surface area contributed by atoms with Crippen molar-refractivity contribution in [1.82, 2.24) is 10.6 Å². The Kier molecular flexibility index (Phi) is 4.86. The number of amides is 1. The second-order valence-electron chi connectivity index (χ2n) is 6.24. The van der Waals surface area contributed by atoms with Crippen LogP contribution in [-0.2, 0) is 4.79 Å². The van der Waals surface area contributed by atoms with Crippen molar-refractivity contribution in [2.24, 2.45) is 10.9 Å². The van der Waals surface area contributed by atoms with E-state index in [9.17, 15) is 4.79 Å². The van der Waals surface area contributed by atoms with Crippen molar-refractivity contribution in [3.63, 3.8) is 0 Å². The van der Waals surface area contributed by atoms with E-state index in [4.69, 9.17) is 0 Å². The zero-order valence-electron chi connectivity index (χ0n) is 12.1. The highest BCUT2D eigenvalue weighted by Crippen LogP contribution is 2.31. The van der Waals surface area contributed by atoms with Gasteiger partial charge in [-0.15, -0.1) is 0 Å². The maximum atomic E-state index is 11.6. The molecule has 2 atom stereocenters. The highest BCUT2D eigenvalue weighted by molar-refractivity contribution is 8.13. The molecular formula is C15H25N3OS. The quantitative estimate of drug-likeness (QED) is 0.765. The van der Waals surface area contributed by atoms with Crippen LogP contribution in [0.25, 0.3) is 0 Å². The zero-order chi connectivity index (χ0) is 13.8. The Labute approximate surface area is 125 Å². The van der Waals surface area contributed by atoms with Gasteiger partial charge in [0.25, 0.3) is 0 Å². The summed E-state index contributed by atoms with van der Waals surface area (Å²) in [6.45, 7) is 0.769. The number of nitrogens with one attached hydrogen (secondary N) is 2. The predicted molar refractivity (Wildman–Crippen MR) is 84.0 cm³/mol. The SMILES string of the molecule is O=C(CCCN=C1NC2CCCCC2CS1)NC1CC1. The van der Waals surface area contributed by atoms with Crippen LogP contribution in [0.3, 0.4) is 0 Å². The summed E-state index contributed by atoms with van der Waals surface area (Å²) in [5.74, 6) is 2.26. The van der Waals surface area contributed by atoms with Crippen LogP contribution in [-0.4, -0.2) is 35.5 Å². The third kappa shape index (κ3) is 4.14. The van der Waals surface area contributed by atoms with Crippen LogP contribution in [0.4, 0.5) is 0 Å². The maximum absolute atomic E-state index is 11.6. The van der Waals surface area contributed by atoms with Crippen LogP contribution in [0, 0.1) is 5.92 Å². The van der Waals surface area contributed by atoms with Gasteiger partial charge in [0.05, 0.1) is 0 Å². The smallest absolute Gasteiger partial charge is 0.220 e. The standard InChI is InChI=1S/C15H25N3OS/c19-14(17-12-7-8-12)6-3-9-16-15-18-13-5-2-1-4-11(13)10-20-15/h11-13H,1-10H2,(H,16,18)(H,17,19). The first-order chi connectivity index (χ1) is 9.81. The molecule has 0 aromatic rings. The van der Waals surface area contributed by atoms with Gasteiger partial charge in [0.2, 0.25) is 5.91 Å². The van der Waals surface area contributed by atoms with Gasteiger partial charge in [-0.25, -0.2) is 0 Å². The molecule has 0 radical (unpaired) electrons. The number of fused-ring (bicyclic) bond motifs is 1. The van der Waals surface area contributed by atoms with E-state index in [-0.39, 0.29) is 5.91 Å². The summed E-state index contributed by atoms with van der Waals surface area (Å²) in [7, 11) is 0. The first kappa shape index (κ1) is 14.2. The Bertz CT molecular complexity index is 381. The number of thioether (sulfide) groups is 1. The minimum atomic E-state index is 0.198. The van der Waals surface area contributed by atoms with Gasteiger partial charge >= 0.3 is 0 Å². The van der Waals surface area contributed by atoms with E-state index in [1.165, 1.54) is 31.4 Å². The molecule has 3 aliphatic rings. The Hall–Kier alpha value is -0.710. The average Bonchev–Trinajstić information content (AvgIpc) is 3.27. The number of hydrogen-bond donors (Lipinski definition) is 2. The van der Waals surface area contributed by atoms with Gasteiger partial charge < -0.3 is 10.6 Å². The molecule has 2 N–H and O–H groups in total. The first-order valence-electron chi connectivity index (χ1n) is 8.04. The molecule has 2 saturated carbocycles. The van der Waals surface area contributed by atoms with Crippen LogP contribution in [0.1, 0.15) is 51.4 Å². The molecule has 1 heterocycles. The Morgan fingerprint density at radius 1 is 1.30 bits per heavy atom. The molecule has 0 aromatic heterocycles. The lowest BCUT2D eigenvalue weighted by molar-refractivity contribution is -0.121. The molecule has 1 saturated heterocycles. The number of carbonyl (C=O) groups is 1. The lowest BCUT2D eigenvalue weighted by Crippen LogP contribution is -2.46. The van der Waals surface area contributed by atoms with Crippen molar-refractivity contribution >= 4 is 22.8 Å². The van der Waals surface area contributed by atoms with E-state index < -0.39 is 0 Å². The first-order valence-corrected chi connectivity index (χ1v) is 9.03. The van der Waals surface area contributed by atoms with Gasteiger partial charge in [0.15, 0.2) is 5.17 Å². The third-order valence-electron chi connectivity index (χ3n) is 4.41. The molecule has 1 amide bonds. The van der Waals surface area contributed by atoms with Gasteiger partial charge in [-0.05, 0) is 38.0 Å². The molecule has 4 nitrogen and oxygen atoms in total. The lowest BCUT2D eigenvalue weighted by atomic mass is 9.86. The molecule has 112 valence electrons. The van der Waals surface area contributed by atoms with Crippen LogP contribution in [0.5, 0.6) is 0 Å². The Morgan fingerprint density at radius 3 is 3.00 bits per heavy atom. The number of amidine groups is 1. The number of aliphatic imine (C=N–C) groups is 1. The minimum Gasteiger partial charge on any atom is -0.362 e. The van der Waals surface area contributed by atoms with Crippen molar-refractivity contribution in [1.29, 1.82) is 0 Å². The largest absolute Gasteiger partial charge is 0.362 e. The van der Waals surface area contributed by atoms with Crippen LogP contribution in [0.15, 0.2) is 4.99 Å². The van der Waals surface area contributed by atoms with E-state index in [1.54, 1.807) is 0 Å². The van der Waals surface area contributed by atoms with E-state index in [0.29, 0.717) is 18.5 Å². The average molecular weight is 295 g/mol.